The molecule has 0 radical (unpaired) electrons. The number of hydrogen-bond donors (Lipinski definition) is 4. The van der Waals surface area contributed by atoms with Gasteiger partial charge in [-0.15, -0.1) is 0 Å². The quantitative estimate of drug-likeness (QED) is 0.0896. The van der Waals surface area contributed by atoms with E-state index in [1.807, 2.05) is 0 Å². The highest BCUT2D eigenvalue weighted by molar-refractivity contribution is 6.67. The molecule has 0 aliphatic heterocycles. The highest BCUT2D eigenvalue weighted by Crippen LogP contribution is 2.36. The lowest BCUT2D eigenvalue weighted by Crippen LogP contribution is -2.39. The van der Waals surface area contributed by atoms with Crippen molar-refractivity contribution < 1.29 is 17.6 Å². The highest BCUT2D eigenvalue weighted by atomic mass is 35.6. The lowest BCUT2D eigenvalue weighted by Gasteiger charge is -2.17. The van der Waals surface area contributed by atoms with Gasteiger partial charge in [-0.2, -0.15) is 28.9 Å². The van der Waals surface area contributed by atoms with E-state index < -0.39 is 28.3 Å². The third kappa shape index (κ3) is 9.38. The predicted molar refractivity (Wildman–Crippen MR) is 168 cm³/mol. The van der Waals surface area contributed by atoms with Crippen molar-refractivity contribution in [3.63, 3.8) is 0 Å². The van der Waals surface area contributed by atoms with Gasteiger partial charge in [0.2, 0.25) is 15.4 Å². The van der Waals surface area contributed by atoms with E-state index in [2.05, 4.69) is 20.2 Å². The average Bonchev–Trinajstić information content (AvgIpc) is 2.91. The van der Waals surface area contributed by atoms with E-state index in [4.69, 9.17) is 115 Å². The summed E-state index contributed by atoms with van der Waals surface area (Å²) in [6, 6.07) is 7.42. The van der Waals surface area contributed by atoms with Crippen molar-refractivity contribution in [3.8, 4) is 22.5 Å². The van der Waals surface area contributed by atoms with Gasteiger partial charge in [0.25, 0.3) is 0 Å². The Morgan fingerprint density at radius 1 is 0.800 bits per heavy atom. The minimum atomic E-state index is -4.37. The molecule has 4 rings (SSSR count). The van der Waals surface area contributed by atoms with Crippen molar-refractivity contribution in [2.45, 2.75) is 29.2 Å². The number of anilines is 2. The Morgan fingerprint density at radius 3 is 2.00 bits per heavy atom. The fraction of sp³-hybridized carbons (Fsp3) is 0.217. The highest BCUT2D eigenvalue weighted by Gasteiger charge is 2.42. The van der Waals surface area contributed by atoms with Gasteiger partial charge in [-0.3, -0.25) is 10.8 Å². The molecule has 2 heterocycles. The van der Waals surface area contributed by atoms with Crippen LogP contribution >= 0.6 is 92.8 Å². The molecule has 0 aliphatic carbocycles. The van der Waals surface area contributed by atoms with Gasteiger partial charge in [0.15, 0.2) is 11.3 Å². The predicted octanol–water partition coefficient (Wildman–Crippen LogP) is 7.55. The molecular formula is C23H16Cl8F4N10. The van der Waals surface area contributed by atoms with Crippen LogP contribution in [0, 0.1) is 10.8 Å². The van der Waals surface area contributed by atoms with Crippen LogP contribution in [-0.4, -0.2) is 45.7 Å². The second kappa shape index (κ2) is 14.6. The maximum atomic E-state index is 13.2. The molecule has 6 N–H and O–H groups in total. The van der Waals surface area contributed by atoms with Crippen LogP contribution in [0.25, 0.3) is 22.5 Å². The molecule has 4 aromatic rings. The summed E-state index contributed by atoms with van der Waals surface area (Å²) in [6.45, 7) is -1.68. The summed E-state index contributed by atoms with van der Waals surface area (Å²) in [5.41, 5.74) is 10.8. The van der Waals surface area contributed by atoms with Crippen molar-refractivity contribution in [3.05, 3.63) is 66.6 Å². The van der Waals surface area contributed by atoms with Gasteiger partial charge in [-0.1, -0.05) is 105 Å². The first-order chi connectivity index (χ1) is 20.7. The minimum absolute atomic E-state index is 0.0417. The third-order valence-corrected chi connectivity index (χ3v) is 7.53. The van der Waals surface area contributed by atoms with E-state index in [1.165, 1.54) is 30.3 Å². The van der Waals surface area contributed by atoms with Crippen molar-refractivity contribution in [2.24, 2.45) is 0 Å². The normalized spacial score (nSPS) is 11.8. The molecule has 0 fully saturated rings. The number of hydrogen-bond acceptors (Lipinski definition) is 8. The Kier molecular flexibility index (Phi) is 12.1. The standard InChI is InChI=1S/C12H9Cl2F4N5.C11H7Cl6N5/c13-6-3-1-2-5(7(6)14)8-9(19)21-11(20)23(22-8)4-12(17,18)10(15)16;12-4-1-5(7(14)6(13)2-4)8-9(18)20-10(19)22(21-8)3-11(15,16)17/h1-3,10H,4H2,(H3,19,20,21);1-2H,3H2,(H3,18,19,20). The summed E-state index contributed by atoms with van der Waals surface area (Å²) in [5, 5.41) is 24.1. The Balaban J connectivity index is 0.000000246. The van der Waals surface area contributed by atoms with Crippen LogP contribution in [0.4, 0.5) is 29.3 Å². The number of alkyl halides is 7. The van der Waals surface area contributed by atoms with E-state index >= 15 is 0 Å². The summed E-state index contributed by atoms with van der Waals surface area (Å²) in [7, 11) is 0. The lowest BCUT2D eigenvalue weighted by molar-refractivity contribution is -0.140. The van der Waals surface area contributed by atoms with Crippen LogP contribution in [0.5, 0.6) is 0 Å². The fourth-order valence-corrected chi connectivity index (χ4v) is 4.76. The van der Waals surface area contributed by atoms with Crippen LogP contribution in [0.15, 0.2) is 30.3 Å². The molecular weight excluding hydrogens is 776 g/mol. The van der Waals surface area contributed by atoms with Gasteiger partial charge in [-0.05, 0) is 18.2 Å². The maximum absolute atomic E-state index is 13.2. The largest absolute Gasteiger partial charge is 0.382 e. The minimum Gasteiger partial charge on any atom is -0.382 e. The fourth-order valence-electron chi connectivity index (χ4n) is 3.34. The summed E-state index contributed by atoms with van der Waals surface area (Å²) >= 11 is 47.1. The number of aromatic nitrogens is 6. The molecule has 45 heavy (non-hydrogen) atoms. The molecule has 22 heteroatoms. The van der Waals surface area contributed by atoms with Gasteiger partial charge < -0.3 is 11.5 Å². The van der Waals surface area contributed by atoms with Gasteiger partial charge >= 0.3 is 12.3 Å². The van der Waals surface area contributed by atoms with Gasteiger partial charge in [0.1, 0.15) is 17.9 Å². The topological polar surface area (TPSA) is 161 Å². The SMILES string of the molecule is N=c1nc(N)c(-c2cccc(Cl)c2Cl)nn1CC(F)(F)C(F)F.N=c1nc(N)n(CC(Cl)(Cl)Cl)nc1-c1cc(Cl)cc(Cl)c1Cl. The summed E-state index contributed by atoms with van der Waals surface area (Å²) in [5.74, 6) is -4.72. The summed E-state index contributed by atoms with van der Waals surface area (Å²) < 4.78 is 50.9. The van der Waals surface area contributed by atoms with Crippen LogP contribution in [0.1, 0.15) is 0 Å². The summed E-state index contributed by atoms with van der Waals surface area (Å²) in [4.78, 5) is 7.39. The molecule has 10 nitrogen and oxygen atoms in total. The molecule has 0 saturated heterocycles. The number of benzene rings is 2. The monoisotopic (exact) mass is 788 g/mol. The second-order valence-corrected chi connectivity index (χ2v) is 13.2. The van der Waals surface area contributed by atoms with Crippen molar-refractivity contribution in [1.29, 1.82) is 10.8 Å². The lowest BCUT2D eigenvalue weighted by atomic mass is 10.1. The zero-order chi connectivity index (χ0) is 34.0. The molecule has 0 aliphatic rings. The molecule has 0 amide bonds. The first-order valence-electron chi connectivity index (χ1n) is 11.6. The van der Waals surface area contributed by atoms with Gasteiger partial charge in [0.05, 0.1) is 26.6 Å². The maximum Gasteiger partial charge on any atom is 0.326 e. The first kappa shape index (κ1) is 37.2. The van der Waals surface area contributed by atoms with Crippen LogP contribution in [0.3, 0.4) is 0 Å². The zero-order valence-corrected chi connectivity index (χ0v) is 27.8. The molecule has 0 atom stereocenters. The van der Waals surface area contributed by atoms with E-state index in [-0.39, 0.29) is 60.8 Å². The first-order valence-corrected chi connectivity index (χ1v) is 14.6. The number of nitrogen functional groups attached to an aromatic ring is 2. The van der Waals surface area contributed by atoms with E-state index in [0.29, 0.717) is 15.3 Å². The molecule has 2 aromatic heterocycles. The Morgan fingerprint density at radius 2 is 1.40 bits per heavy atom. The third-order valence-electron chi connectivity index (χ3n) is 5.33. The molecule has 242 valence electrons. The van der Waals surface area contributed by atoms with Crippen LogP contribution in [0.2, 0.25) is 25.1 Å². The van der Waals surface area contributed by atoms with Gasteiger partial charge in [-0.25, -0.2) is 18.1 Å². The average molecular weight is 792 g/mol. The smallest absolute Gasteiger partial charge is 0.326 e. The van der Waals surface area contributed by atoms with Crippen LogP contribution < -0.4 is 22.6 Å². The Labute approximate surface area is 290 Å². The molecule has 0 unspecified atom stereocenters. The summed E-state index contributed by atoms with van der Waals surface area (Å²) in [6.07, 6.45) is -3.91. The second-order valence-electron chi connectivity index (χ2n) is 8.68. The van der Waals surface area contributed by atoms with Crippen LogP contribution in [-0.2, 0) is 13.1 Å². The molecule has 0 bridgehead atoms. The Hall–Kier alpha value is -2.30. The van der Waals surface area contributed by atoms with E-state index in [9.17, 15) is 17.6 Å². The molecule has 0 spiro atoms. The Bertz CT molecular complexity index is 1850. The van der Waals surface area contributed by atoms with Crippen molar-refractivity contribution >= 4 is 105 Å². The molecule has 2 aromatic carbocycles. The number of halogens is 12. The number of rotatable bonds is 6. The molecule has 0 saturated carbocycles. The van der Waals surface area contributed by atoms with E-state index in [0.717, 1.165) is 4.68 Å². The number of nitrogens with zero attached hydrogens (tertiary/aromatic N) is 6. The zero-order valence-electron chi connectivity index (χ0n) is 21.8. The van der Waals surface area contributed by atoms with Crippen molar-refractivity contribution in [2.75, 3.05) is 11.5 Å². The number of nitrogens with two attached hydrogens (primary N) is 2. The van der Waals surface area contributed by atoms with E-state index in [1.54, 1.807) is 0 Å². The number of nitrogens with one attached hydrogen (secondary N) is 2. The van der Waals surface area contributed by atoms with Gasteiger partial charge in [0, 0.05) is 16.1 Å². The van der Waals surface area contributed by atoms with Crippen molar-refractivity contribution in [1.82, 2.24) is 29.5 Å².